The van der Waals surface area contributed by atoms with E-state index in [1.165, 1.54) is 6.92 Å². The third kappa shape index (κ3) is 3.33. The van der Waals surface area contributed by atoms with Crippen molar-refractivity contribution in [2.24, 2.45) is 5.73 Å². The summed E-state index contributed by atoms with van der Waals surface area (Å²) in [6, 6.07) is 1.12. The molecule has 3 N–H and O–H groups in total. The summed E-state index contributed by atoms with van der Waals surface area (Å²) in [5.41, 5.74) is 3.63. The van der Waals surface area contributed by atoms with E-state index in [1.807, 2.05) is 0 Å². The van der Waals surface area contributed by atoms with Crippen LogP contribution in [0.4, 0.5) is 23.2 Å². The number of primary amides is 1. The molecule has 0 bridgehead atoms. The molecule has 0 aromatic heterocycles. The molecule has 1 aromatic rings. The van der Waals surface area contributed by atoms with Gasteiger partial charge in [-0.2, -0.15) is 13.2 Å². The maximum absolute atomic E-state index is 13.3. The van der Waals surface area contributed by atoms with Crippen molar-refractivity contribution in [1.29, 1.82) is 0 Å². The van der Waals surface area contributed by atoms with Crippen molar-refractivity contribution in [3.8, 4) is 0 Å². The van der Waals surface area contributed by atoms with E-state index in [4.69, 9.17) is 5.73 Å². The molecule has 0 aliphatic carbocycles. The molecule has 0 aliphatic rings. The number of nitrogens with one attached hydrogen (secondary N) is 1. The Hall–Kier alpha value is -1.79. The SMILES string of the molecule is CC(Nc1ccc(C(F)(F)F)cc1F)C(N)=O. The second-order valence-corrected chi connectivity index (χ2v) is 3.46. The van der Waals surface area contributed by atoms with Gasteiger partial charge < -0.3 is 11.1 Å². The zero-order valence-corrected chi connectivity index (χ0v) is 8.81. The highest BCUT2D eigenvalue weighted by Gasteiger charge is 2.31. The first-order valence-electron chi connectivity index (χ1n) is 4.64. The minimum Gasteiger partial charge on any atom is -0.372 e. The first kappa shape index (κ1) is 13.3. The van der Waals surface area contributed by atoms with Gasteiger partial charge in [0.15, 0.2) is 0 Å². The number of rotatable bonds is 3. The molecular weight excluding hydrogens is 240 g/mol. The number of carbonyl (C=O) groups is 1. The summed E-state index contributed by atoms with van der Waals surface area (Å²) in [6.07, 6.45) is -4.60. The monoisotopic (exact) mass is 250 g/mol. The Morgan fingerprint density at radius 3 is 2.41 bits per heavy atom. The van der Waals surface area contributed by atoms with Gasteiger partial charge in [0, 0.05) is 0 Å². The average molecular weight is 250 g/mol. The molecule has 0 radical (unpaired) electrons. The van der Waals surface area contributed by atoms with Gasteiger partial charge in [-0.15, -0.1) is 0 Å². The fourth-order valence-corrected chi connectivity index (χ4v) is 1.11. The van der Waals surface area contributed by atoms with Crippen molar-refractivity contribution in [1.82, 2.24) is 0 Å². The summed E-state index contributed by atoms with van der Waals surface area (Å²) < 4.78 is 50.0. The van der Waals surface area contributed by atoms with E-state index >= 15 is 0 Å². The van der Waals surface area contributed by atoms with Crippen LogP contribution >= 0.6 is 0 Å². The second-order valence-electron chi connectivity index (χ2n) is 3.46. The molecule has 94 valence electrons. The Labute approximate surface area is 94.6 Å². The van der Waals surface area contributed by atoms with Crippen LogP contribution in [0.2, 0.25) is 0 Å². The smallest absolute Gasteiger partial charge is 0.372 e. The van der Waals surface area contributed by atoms with Crippen LogP contribution in [0.15, 0.2) is 18.2 Å². The van der Waals surface area contributed by atoms with Crippen molar-refractivity contribution in [2.75, 3.05) is 5.32 Å². The summed E-state index contributed by atoms with van der Waals surface area (Å²) in [5, 5.41) is 2.37. The standard InChI is InChI=1S/C10H10F4N2O/c1-5(9(15)17)16-8-3-2-6(4-7(8)11)10(12,13)14/h2-5,16H,1H3,(H2,15,17). The number of hydrogen-bond donors (Lipinski definition) is 2. The Bertz CT molecular complexity index is 431. The Balaban J connectivity index is 2.95. The van der Waals surface area contributed by atoms with Crippen LogP contribution in [0, 0.1) is 5.82 Å². The Morgan fingerprint density at radius 2 is 2.00 bits per heavy atom. The molecule has 0 aliphatic heterocycles. The van der Waals surface area contributed by atoms with Crippen LogP contribution in [-0.4, -0.2) is 11.9 Å². The molecule has 7 heteroatoms. The van der Waals surface area contributed by atoms with Gasteiger partial charge in [0.25, 0.3) is 0 Å². The van der Waals surface area contributed by atoms with Gasteiger partial charge >= 0.3 is 6.18 Å². The van der Waals surface area contributed by atoms with Gasteiger partial charge in [-0.3, -0.25) is 4.79 Å². The molecule has 0 saturated heterocycles. The van der Waals surface area contributed by atoms with E-state index in [9.17, 15) is 22.4 Å². The molecule has 1 aromatic carbocycles. The fourth-order valence-electron chi connectivity index (χ4n) is 1.11. The molecule has 3 nitrogen and oxygen atoms in total. The van der Waals surface area contributed by atoms with Crippen LogP contribution in [0.25, 0.3) is 0 Å². The van der Waals surface area contributed by atoms with Crippen molar-refractivity contribution in [3.05, 3.63) is 29.6 Å². The van der Waals surface area contributed by atoms with E-state index in [0.717, 1.165) is 12.1 Å². The number of anilines is 1. The summed E-state index contributed by atoms with van der Waals surface area (Å²) in [5.74, 6) is -1.82. The lowest BCUT2D eigenvalue weighted by Gasteiger charge is -2.14. The molecule has 0 spiro atoms. The van der Waals surface area contributed by atoms with E-state index in [0.29, 0.717) is 6.07 Å². The van der Waals surface area contributed by atoms with Crippen molar-refractivity contribution >= 4 is 11.6 Å². The minimum atomic E-state index is -4.60. The third-order valence-electron chi connectivity index (χ3n) is 2.10. The molecule has 0 saturated carbocycles. The van der Waals surface area contributed by atoms with Gasteiger partial charge in [-0.1, -0.05) is 0 Å². The number of benzene rings is 1. The highest BCUT2D eigenvalue weighted by molar-refractivity contribution is 5.82. The van der Waals surface area contributed by atoms with Crippen LogP contribution < -0.4 is 11.1 Å². The third-order valence-corrected chi connectivity index (χ3v) is 2.10. The fraction of sp³-hybridized carbons (Fsp3) is 0.300. The minimum absolute atomic E-state index is 0.204. The highest BCUT2D eigenvalue weighted by Crippen LogP contribution is 2.31. The quantitative estimate of drug-likeness (QED) is 0.807. The maximum Gasteiger partial charge on any atom is 0.416 e. The Kier molecular flexibility index (Phi) is 3.59. The number of alkyl halides is 3. The predicted molar refractivity (Wildman–Crippen MR) is 53.7 cm³/mol. The largest absolute Gasteiger partial charge is 0.416 e. The zero-order valence-electron chi connectivity index (χ0n) is 8.81. The van der Waals surface area contributed by atoms with Crippen molar-refractivity contribution in [3.63, 3.8) is 0 Å². The maximum atomic E-state index is 13.3. The van der Waals surface area contributed by atoms with Crippen LogP contribution in [-0.2, 0) is 11.0 Å². The Morgan fingerprint density at radius 1 is 1.41 bits per heavy atom. The zero-order chi connectivity index (χ0) is 13.2. The lowest BCUT2D eigenvalue weighted by atomic mass is 10.1. The number of nitrogens with two attached hydrogens (primary N) is 1. The lowest BCUT2D eigenvalue weighted by Crippen LogP contribution is -2.32. The molecule has 17 heavy (non-hydrogen) atoms. The molecular formula is C10H10F4N2O. The van der Waals surface area contributed by atoms with E-state index in [-0.39, 0.29) is 5.69 Å². The normalized spacial score (nSPS) is 13.2. The molecule has 1 amide bonds. The first-order chi connectivity index (χ1) is 7.71. The molecule has 1 atom stereocenters. The highest BCUT2D eigenvalue weighted by atomic mass is 19.4. The molecule has 0 fully saturated rings. The van der Waals surface area contributed by atoms with Gasteiger partial charge in [0.05, 0.1) is 11.3 Å². The summed E-state index contributed by atoms with van der Waals surface area (Å²) >= 11 is 0. The number of carbonyl (C=O) groups excluding carboxylic acids is 1. The van der Waals surface area contributed by atoms with Crippen LogP contribution in [0.5, 0.6) is 0 Å². The average Bonchev–Trinajstić information content (AvgIpc) is 2.19. The molecule has 0 heterocycles. The van der Waals surface area contributed by atoms with Gasteiger partial charge in [0.2, 0.25) is 5.91 Å². The first-order valence-corrected chi connectivity index (χ1v) is 4.64. The van der Waals surface area contributed by atoms with Crippen molar-refractivity contribution < 1.29 is 22.4 Å². The number of halogens is 4. The van der Waals surface area contributed by atoms with Gasteiger partial charge in [-0.05, 0) is 25.1 Å². The van der Waals surface area contributed by atoms with E-state index < -0.39 is 29.5 Å². The topological polar surface area (TPSA) is 55.1 Å². The summed E-state index contributed by atoms with van der Waals surface area (Å²) in [4.78, 5) is 10.7. The van der Waals surface area contributed by atoms with Gasteiger partial charge in [-0.25, -0.2) is 4.39 Å². The van der Waals surface area contributed by atoms with Gasteiger partial charge in [0.1, 0.15) is 11.9 Å². The molecule has 1 rings (SSSR count). The van der Waals surface area contributed by atoms with E-state index in [1.54, 1.807) is 0 Å². The predicted octanol–water partition coefficient (Wildman–Crippen LogP) is 2.13. The van der Waals surface area contributed by atoms with Crippen molar-refractivity contribution in [2.45, 2.75) is 19.1 Å². The summed E-state index contributed by atoms with van der Waals surface area (Å²) in [7, 11) is 0. The van der Waals surface area contributed by atoms with Crippen LogP contribution in [0.3, 0.4) is 0 Å². The summed E-state index contributed by atoms with van der Waals surface area (Å²) in [6.45, 7) is 1.37. The number of amides is 1. The van der Waals surface area contributed by atoms with E-state index in [2.05, 4.69) is 5.32 Å². The lowest BCUT2D eigenvalue weighted by molar-refractivity contribution is -0.137. The molecule has 1 unspecified atom stereocenters. The van der Waals surface area contributed by atoms with Crippen LogP contribution in [0.1, 0.15) is 12.5 Å². The number of hydrogen-bond acceptors (Lipinski definition) is 2. The second kappa shape index (κ2) is 4.60.